The highest BCUT2D eigenvalue weighted by atomic mass is 35.5. The van der Waals surface area contributed by atoms with Gasteiger partial charge in [-0.3, -0.25) is 0 Å². The molecule has 0 saturated heterocycles. The lowest BCUT2D eigenvalue weighted by molar-refractivity contribution is 0.471. The fraction of sp³-hybridized carbons (Fsp3) is 0.143. The van der Waals surface area contributed by atoms with Crippen LogP contribution in [-0.2, 0) is 0 Å². The van der Waals surface area contributed by atoms with Crippen LogP contribution in [0.3, 0.4) is 0 Å². The van der Waals surface area contributed by atoms with E-state index in [0.29, 0.717) is 5.56 Å². The summed E-state index contributed by atoms with van der Waals surface area (Å²) in [5.74, 6) is -0.709. The summed E-state index contributed by atoms with van der Waals surface area (Å²) in [5.41, 5.74) is 3.50. The maximum absolute atomic E-state index is 13.2. The Morgan fingerprint density at radius 1 is 1.06 bits per heavy atom. The molecule has 0 radical (unpaired) electrons. The lowest BCUT2D eigenvalue weighted by Crippen LogP contribution is -1.87. The molecule has 2 rings (SSSR count). The molecule has 2 aromatic carbocycles. The highest BCUT2D eigenvalue weighted by molar-refractivity contribution is 6.31. The number of phenols is 1. The van der Waals surface area contributed by atoms with E-state index >= 15 is 0 Å². The average molecular weight is 251 g/mol. The number of hydrogen-bond donors (Lipinski definition) is 1. The van der Waals surface area contributed by atoms with E-state index in [2.05, 4.69) is 0 Å². The summed E-state index contributed by atoms with van der Waals surface area (Å²) in [6.45, 7) is 3.90. The molecule has 0 aliphatic rings. The number of rotatable bonds is 1. The van der Waals surface area contributed by atoms with Crippen LogP contribution in [-0.4, -0.2) is 5.11 Å². The summed E-state index contributed by atoms with van der Waals surface area (Å²) < 4.78 is 13.2. The van der Waals surface area contributed by atoms with Gasteiger partial charge in [0.05, 0.1) is 5.02 Å². The zero-order valence-electron chi connectivity index (χ0n) is 9.59. The predicted molar refractivity (Wildman–Crippen MR) is 68.0 cm³/mol. The van der Waals surface area contributed by atoms with Crippen molar-refractivity contribution in [3.8, 4) is 16.9 Å². The van der Waals surface area contributed by atoms with Gasteiger partial charge in [-0.15, -0.1) is 0 Å². The first-order valence-corrected chi connectivity index (χ1v) is 5.62. The van der Waals surface area contributed by atoms with Gasteiger partial charge in [0.25, 0.3) is 0 Å². The molecule has 1 nitrogen and oxygen atoms in total. The number of aromatic hydroxyl groups is 1. The summed E-state index contributed by atoms with van der Waals surface area (Å²) in [5, 5.41) is 9.80. The molecule has 0 spiro atoms. The molecule has 0 bridgehead atoms. The Morgan fingerprint density at radius 3 is 2.47 bits per heavy atom. The fourth-order valence-electron chi connectivity index (χ4n) is 1.78. The van der Waals surface area contributed by atoms with E-state index in [1.54, 1.807) is 0 Å². The van der Waals surface area contributed by atoms with Gasteiger partial charge in [0.1, 0.15) is 11.6 Å². The number of halogens is 2. The largest absolute Gasteiger partial charge is 0.507 e. The third-order valence-electron chi connectivity index (χ3n) is 2.72. The second kappa shape index (κ2) is 4.38. The number of phenolic OH excluding ortho intramolecular Hbond substituents is 1. The first-order valence-electron chi connectivity index (χ1n) is 5.24. The lowest BCUT2D eigenvalue weighted by atomic mass is 9.98. The highest BCUT2D eigenvalue weighted by Gasteiger charge is 2.11. The second-order valence-electron chi connectivity index (χ2n) is 4.10. The Hall–Kier alpha value is -1.54. The van der Waals surface area contributed by atoms with Crippen LogP contribution in [0, 0.1) is 19.7 Å². The van der Waals surface area contributed by atoms with Gasteiger partial charge in [-0.05, 0) is 31.0 Å². The van der Waals surface area contributed by atoms with Crippen molar-refractivity contribution in [2.75, 3.05) is 0 Å². The quantitative estimate of drug-likeness (QED) is 0.792. The Bertz CT molecular complexity index is 579. The number of benzene rings is 2. The van der Waals surface area contributed by atoms with Crippen molar-refractivity contribution >= 4 is 11.6 Å². The Morgan fingerprint density at radius 2 is 1.76 bits per heavy atom. The van der Waals surface area contributed by atoms with Crippen LogP contribution in [0.2, 0.25) is 5.02 Å². The van der Waals surface area contributed by atoms with Gasteiger partial charge in [-0.2, -0.15) is 0 Å². The fourth-order valence-corrected chi connectivity index (χ4v) is 1.94. The summed E-state index contributed by atoms with van der Waals surface area (Å²) in [7, 11) is 0. The minimum Gasteiger partial charge on any atom is -0.507 e. The standard InChI is InChI=1S/C14H12ClFO/c1-8-3-4-9(2)10(5-8)11-6-12(15)13(16)7-14(11)17/h3-7,17H,1-2H3. The van der Waals surface area contributed by atoms with E-state index < -0.39 is 5.82 Å². The van der Waals surface area contributed by atoms with Crippen molar-refractivity contribution in [1.82, 2.24) is 0 Å². The SMILES string of the molecule is Cc1ccc(C)c(-c2cc(Cl)c(F)cc2O)c1. The third kappa shape index (κ3) is 2.27. The van der Waals surface area contributed by atoms with Crippen LogP contribution >= 0.6 is 11.6 Å². The first-order chi connectivity index (χ1) is 7.99. The van der Waals surface area contributed by atoms with E-state index in [0.717, 1.165) is 22.8 Å². The van der Waals surface area contributed by atoms with Crippen LogP contribution in [0.25, 0.3) is 11.1 Å². The van der Waals surface area contributed by atoms with Crippen LogP contribution < -0.4 is 0 Å². The average Bonchev–Trinajstić information content (AvgIpc) is 2.27. The van der Waals surface area contributed by atoms with Crippen molar-refractivity contribution in [2.45, 2.75) is 13.8 Å². The Kier molecular flexibility index (Phi) is 3.07. The molecule has 0 fully saturated rings. The minimum absolute atomic E-state index is 0.0127. The van der Waals surface area contributed by atoms with Crippen molar-refractivity contribution in [3.63, 3.8) is 0 Å². The van der Waals surface area contributed by atoms with Gasteiger partial charge in [0, 0.05) is 11.6 Å². The van der Waals surface area contributed by atoms with Gasteiger partial charge in [0.15, 0.2) is 0 Å². The van der Waals surface area contributed by atoms with Crippen LogP contribution in [0.15, 0.2) is 30.3 Å². The van der Waals surface area contributed by atoms with Gasteiger partial charge in [0.2, 0.25) is 0 Å². The molecule has 0 unspecified atom stereocenters. The molecule has 1 N–H and O–H groups in total. The summed E-state index contributed by atoms with van der Waals surface area (Å²) >= 11 is 5.74. The van der Waals surface area contributed by atoms with E-state index in [9.17, 15) is 9.50 Å². The number of hydrogen-bond acceptors (Lipinski definition) is 1. The molecule has 0 saturated carbocycles. The Labute approximate surface area is 104 Å². The van der Waals surface area contributed by atoms with Gasteiger partial charge in [-0.1, -0.05) is 35.4 Å². The normalized spacial score (nSPS) is 10.6. The maximum atomic E-state index is 13.2. The molecule has 2 aromatic rings. The predicted octanol–water partition coefficient (Wildman–Crippen LogP) is 4.47. The maximum Gasteiger partial charge on any atom is 0.145 e. The molecule has 0 aliphatic carbocycles. The topological polar surface area (TPSA) is 20.2 Å². The van der Waals surface area contributed by atoms with E-state index in [1.165, 1.54) is 6.07 Å². The van der Waals surface area contributed by atoms with Crippen molar-refractivity contribution in [2.24, 2.45) is 0 Å². The van der Waals surface area contributed by atoms with E-state index in [4.69, 9.17) is 11.6 Å². The molecule has 88 valence electrons. The number of aryl methyl sites for hydroxylation is 2. The molecular weight excluding hydrogens is 239 g/mol. The molecule has 17 heavy (non-hydrogen) atoms. The van der Waals surface area contributed by atoms with Gasteiger partial charge >= 0.3 is 0 Å². The first kappa shape index (κ1) is 11.9. The zero-order chi connectivity index (χ0) is 12.6. The zero-order valence-corrected chi connectivity index (χ0v) is 10.3. The molecular formula is C14H12ClFO. The summed E-state index contributed by atoms with van der Waals surface area (Å²) in [4.78, 5) is 0. The highest BCUT2D eigenvalue weighted by Crippen LogP contribution is 2.35. The van der Waals surface area contributed by atoms with Gasteiger partial charge < -0.3 is 5.11 Å². The van der Waals surface area contributed by atoms with Crippen LogP contribution in [0.4, 0.5) is 4.39 Å². The molecule has 0 heterocycles. The van der Waals surface area contributed by atoms with Crippen molar-refractivity contribution in [3.05, 3.63) is 52.3 Å². The molecule has 0 aromatic heterocycles. The molecule has 0 atom stereocenters. The monoisotopic (exact) mass is 250 g/mol. The van der Waals surface area contributed by atoms with Crippen LogP contribution in [0.1, 0.15) is 11.1 Å². The lowest BCUT2D eigenvalue weighted by Gasteiger charge is -2.10. The van der Waals surface area contributed by atoms with E-state index in [-0.39, 0.29) is 10.8 Å². The smallest absolute Gasteiger partial charge is 0.145 e. The molecule has 3 heteroatoms. The van der Waals surface area contributed by atoms with Crippen molar-refractivity contribution in [1.29, 1.82) is 0 Å². The van der Waals surface area contributed by atoms with Crippen molar-refractivity contribution < 1.29 is 9.50 Å². The minimum atomic E-state index is -0.613. The second-order valence-corrected chi connectivity index (χ2v) is 4.51. The Balaban J connectivity index is 2.68. The van der Waals surface area contributed by atoms with Crippen LogP contribution in [0.5, 0.6) is 5.75 Å². The summed E-state index contributed by atoms with van der Waals surface area (Å²) in [6.07, 6.45) is 0. The van der Waals surface area contributed by atoms with E-state index in [1.807, 2.05) is 32.0 Å². The summed E-state index contributed by atoms with van der Waals surface area (Å²) in [6, 6.07) is 8.38. The van der Waals surface area contributed by atoms with Gasteiger partial charge in [-0.25, -0.2) is 4.39 Å². The molecule has 0 aliphatic heterocycles. The molecule has 0 amide bonds. The third-order valence-corrected chi connectivity index (χ3v) is 3.01.